The van der Waals surface area contributed by atoms with E-state index in [9.17, 15) is 19.8 Å². The summed E-state index contributed by atoms with van der Waals surface area (Å²) in [6.07, 6.45) is 69.4. The fourth-order valence-corrected chi connectivity index (χ4v) is 8.09. The number of aliphatic hydroxyl groups is 2. The van der Waals surface area contributed by atoms with Gasteiger partial charge >= 0.3 is 5.97 Å². The smallest absolute Gasteiger partial charge is 0.306 e. The number of unbranched alkanes of at least 4 members (excludes halogenated alkanes) is 23. The number of hydrogen-bond donors (Lipinski definition) is 3. The predicted molar refractivity (Wildman–Crippen MR) is 287 cm³/mol. The van der Waals surface area contributed by atoms with Gasteiger partial charge in [0.15, 0.2) is 0 Å². The highest BCUT2D eigenvalue weighted by Gasteiger charge is 2.24. The molecule has 0 aromatic carbocycles. The van der Waals surface area contributed by atoms with Crippen molar-refractivity contribution in [2.75, 3.05) is 6.61 Å². The van der Waals surface area contributed by atoms with Crippen LogP contribution in [0, 0.1) is 0 Å². The van der Waals surface area contributed by atoms with Gasteiger partial charge in [-0.2, -0.15) is 0 Å². The highest BCUT2D eigenvalue weighted by Crippen LogP contribution is 2.17. The zero-order valence-corrected chi connectivity index (χ0v) is 43.3. The summed E-state index contributed by atoms with van der Waals surface area (Å²) in [5, 5.41) is 23.8. The number of esters is 1. The fourth-order valence-electron chi connectivity index (χ4n) is 8.09. The van der Waals surface area contributed by atoms with Crippen LogP contribution in [0.25, 0.3) is 0 Å². The topological polar surface area (TPSA) is 95.9 Å². The van der Waals surface area contributed by atoms with E-state index < -0.39 is 18.2 Å². The number of carbonyl (C=O) groups is 2. The molecule has 1 amide bonds. The second-order valence-corrected chi connectivity index (χ2v) is 18.6. The minimum absolute atomic E-state index is 0.0311. The van der Waals surface area contributed by atoms with Crippen LogP contribution in [0.5, 0.6) is 0 Å². The maximum atomic E-state index is 13.2. The Hall–Kier alpha value is -2.96. The second kappa shape index (κ2) is 53.0. The van der Waals surface area contributed by atoms with Crippen molar-refractivity contribution < 1.29 is 24.5 Å². The van der Waals surface area contributed by atoms with Crippen molar-refractivity contribution in [3.63, 3.8) is 0 Å². The molecule has 0 bridgehead atoms. The summed E-state index contributed by atoms with van der Waals surface area (Å²) in [6.45, 7) is 6.25. The predicted octanol–water partition coefficient (Wildman–Crippen LogP) is 17.1. The standard InChI is InChI=1S/C60H105NO5/c1-4-7-10-13-16-19-22-25-28-30-31-34-37-40-43-46-49-52-58(63)57(55-62)61-59(64)54-56(51-48-45-42-39-36-33-27-24-21-18-15-12-9-6-3)66-60(65)53-50-47-44-41-38-35-32-29-26-23-20-17-14-11-8-5-2/h8-9,11-12,17-18,20-21,26-27,29,33,39,42,56-58,62-63H,4-7,10,13-16,19,22-25,28,30-32,34-38,40-41,43-55H2,1-3H3,(H,61,64)/b11-8+,12-9+,20-17+,21-18+,29-26+,33-27+,42-39+. The van der Waals surface area contributed by atoms with E-state index in [2.05, 4.69) is 111 Å². The van der Waals surface area contributed by atoms with Gasteiger partial charge < -0.3 is 20.3 Å². The van der Waals surface area contributed by atoms with Crippen molar-refractivity contribution in [1.29, 1.82) is 0 Å². The molecule has 0 saturated heterocycles. The average molecular weight is 921 g/mol. The zero-order chi connectivity index (χ0) is 48.1. The normalized spacial score (nSPS) is 13.8. The van der Waals surface area contributed by atoms with E-state index in [1.54, 1.807) is 0 Å². The molecule has 0 aliphatic carbocycles. The number of aliphatic hydroxyl groups excluding tert-OH is 2. The SMILES string of the molecule is CC/C=C/C/C=C/C/C=C/C/C=C/CCCC(CC(=O)NC(CO)C(O)CCCCCCCCCCCCCCCCCCC)OC(=O)CCCCCCCC/C=C/C/C=C/C/C=C/CC. The summed E-state index contributed by atoms with van der Waals surface area (Å²) in [6, 6.07) is -0.726. The van der Waals surface area contributed by atoms with Crippen LogP contribution in [-0.4, -0.2) is 46.9 Å². The van der Waals surface area contributed by atoms with E-state index in [0.29, 0.717) is 19.3 Å². The Bertz CT molecular complexity index is 1260. The molecule has 0 saturated carbocycles. The largest absolute Gasteiger partial charge is 0.462 e. The van der Waals surface area contributed by atoms with Gasteiger partial charge in [0.25, 0.3) is 0 Å². The number of carbonyl (C=O) groups excluding carboxylic acids is 2. The van der Waals surface area contributed by atoms with Crippen LogP contribution < -0.4 is 5.32 Å². The van der Waals surface area contributed by atoms with Gasteiger partial charge in [-0.15, -0.1) is 0 Å². The lowest BCUT2D eigenvalue weighted by atomic mass is 10.0. The molecular weight excluding hydrogens is 815 g/mol. The first-order valence-electron chi connectivity index (χ1n) is 27.8. The molecule has 3 N–H and O–H groups in total. The second-order valence-electron chi connectivity index (χ2n) is 18.6. The molecule has 0 heterocycles. The Labute approximate surface area is 408 Å². The maximum Gasteiger partial charge on any atom is 0.306 e. The molecule has 0 fully saturated rings. The average Bonchev–Trinajstić information content (AvgIpc) is 3.31. The van der Waals surface area contributed by atoms with E-state index in [1.165, 1.54) is 109 Å². The van der Waals surface area contributed by atoms with Gasteiger partial charge in [0.2, 0.25) is 5.91 Å². The van der Waals surface area contributed by atoms with Gasteiger partial charge in [0, 0.05) is 6.42 Å². The highest BCUT2D eigenvalue weighted by molar-refractivity contribution is 5.77. The lowest BCUT2D eigenvalue weighted by molar-refractivity contribution is -0.151. The van der Waals surface area contributed by atoms with Crippen molar-refractivity contribution in [2.24, 2.45) is 0 Å². The lowest BCUT2D eigenvalue weighted by Crippen LogP contribution is -2.46. The number of nitrogens with one attached hydrogen (secondary N) is 1. The molecule has 0 spiro atoms. The quantitative estimate of drug-likeness (QED) is 0.0321. The number of amides is 1. The van der Waals surface area contributed by atoms with Crippen LogP contribution >= 0.6 is 0 Å². The van der Waals surface area contributed by atoms with Crippen LogP contribution in [0.3, 0.4) is 0 Å². The third kappa shape index (κ3) is 47.5. The Morgan fingerprint density at radius 2 is 0.833 bits per heavy atom. The first-order valence-corrected chi connectivity index (χ1v) is 27.8. The van der Waals surface area contributed by atoms with E-state index in [1.807, 2.05) is 0 Å². The first-order chi connectivity index (χ1) is 32.5. The van der Waals surface area contributed by atoms with Gasteiger partial charge in [-0.1, -0.05) is 241 Å². The lowest BCUT2D eigenvalue weighted by Gasteiger charge is -2.24. The molecule has 0 aromatic heterocycles. The fraction of sp³-hybridized carbons (Fsp3) is 0.733. The third-order valence-electron chi connectivity index (χ3n) is 12.2. The van der Waals surface area contributed by atoms with Crippen molar-refractivity contribution in [3.05, 3.63) is 85.1 Å². The monoisotopic (exact) mass is 920 g/mol. The summed E-state index contributed by atoms with van der Waals surface area (Å²) in [7, 11) is 0. The molecular formula is C60H105NO5. The van der Waals surface area contributed by atoms with Crippen LogP contribution in [0.15, 0.2) is 85.1 Å². The molecule has 0 aliphatic heterocycles. The van der Waals surface area contributed by atoms with Crippen molar-refractivity contribution in [3.8, 4) is 0 Å². The summed E-state index contributed by atoms with van der Waals surface area (Å²) >= 11 is 0. The molecule has 3 atom stereocenters. The molecule has 3 unspecified atom stereocenters. The molecule has 0 rings (SSSR count). The van der Waals surface area contributed by atoms with E-state index in [0.717, 1.165) is 103 Å². The Morgan fingerprint density at radius 1 is 0.455 bits per heavy atom. The van der Waals surface area contributed by atoms with Gasteiger partial charge in [0.05, 0.1) is 25.2 Å². The van der Waals surface area contributed by atoms with Crippen molar-refractivity contribution in [1.82, 2.24) is 5.32 Å². The van der Waals surface area contributed by atoms with Crippen LogP contribution in [0.4, 0.5) is 0 Å². The van der Waals surface area contributed by atoms with Crippen molar-refractivity contribution >= 4 is 11.9 Å². The van der Waals surface area contributed by atoms with E-state index in [-0.39, 0.29) is 24.9 Å². The van der Waals surface area contributed by atoms with Crippen molar-refractivity contribution in [2.45, 2.75) is 277 Å². The summed E-state index contributed by atoms with van der Waals surface area (Å²) in [5.74, 6) is -0.544. The van der Waals surface area contributed by atoms with Gasteiger partial charge in [-0.05, 0) is 89.9 Å². The summed E-state index contributed by atoms with van der Waals surface area (Å²) in [4.78, 5) is 26.2. The van der Waals surface area contributed by atoms with Gasteiger partial charge in [-0.25, -0.2) is 0 Å². The molecule has 66 heavy (non-hydrogen) atoms. The number of allylic oxidation sites excluding steroid dienone is 14. The first kappa shape index (κ1) is 63.0. The Balaban J connectivity index is 4.62. The highest BCUT2D eigenvalue weighted by atomic mass is 16.5. The molecule has 0 radical (unpaired) electrons. The maximum absolute atomic E-state index is 13.2. The summed E-state index contributed by atoms with van der Waals surface area (Å²) < 4.78 is 5.91. The summed E-state index contributed by atoms with van der Waals surface area (Å²) in [5.41, 5.74) is 0. The minimum Gasteiger partial charge on any atom is -0.462 e. The Morgan fingerprint density at radius 3 is 1.27 bits per heavy atom. The molecule has 6 heteroatoms. The Kier molecular flexibility index (Phi) is 50.6. The molecule has 0 aliphatic rings. The number of ether oxygens (including phenoxy) is 1. The zero-order valence-electron chi connectivity index (χ0n) is 43.3. The van der Waals surface area contributed by atoms with E-state index in [4.69, 9.17) is 4.74 Å². The minimum atomic E-state index is -0.809. The number of rotatable bonds is 49. The van der Waals surface area contributed by atoms with Crippen LogP contribution in [0.2, 0.25) is 0 Å². The molecule has 0 aromatic rings. The van der Waals surface area contributed by atoms with Crippen LogP contribution in [0.1, 0.15) is 258 Å². The molecule has 6 nitrogen and oxygen atoms in total. The number of hydrogen-bond acceptors (Lipinski definition) is 5. The van der Waals surface area contributed by atoms with Crippen LogP contribution in [-0.2, 0) is 14.3 Å². The third-order valence-corrected chi connectivity index (χ3v) is 12.2. The van der Waals surface area contributed by atoms with E-state index >= 15 is 0 Å². The van der Waals surface area contributed by atoms with Gasteiger partial charge in [-0.3, -0.25) is 9.59 Å². The van der Waals surface area contributed by atoms with Gasteiger partial charge in [0.1, 0.15) is 6.10 Å². The molecule has 380 valence electrons.